The van der Waals surface area contributed by atoms with Crippen LogP contribution >= 0.6 is 15.9 Å². The van der Waals surface area contributed by atoms with Gasteiger partial charge in [0.1, 0.15) is 0 Å². The molecule has 0 fully saturated rings. The molecule has 0 saturated carbocycles. The van der Waals surface area contributed by atoms with Crippen LogP contribution in [0.1, 0.15) is 11.7 Å². The van der Waals surface area contributed by atoms with Crippen molar-refractivity contribution in [1.29, 1.82) is 0 Å². The van der Waals surface area contributed by atoms with Crippen molar-refractivity contribution in [2.75, 3.05) is 6.54 Å². The van der Waals surface area contributed by atoms with Crippen molar-refractivity contribution in [2.45, 2.75) is 6.04 Å². The van der Waals surface area contributed by atoms with Crippen LogP contribution in [0.4, 0.5) is 0 Å². The third-order valence-electron chi connectivity index (χ3n) is 1.54. The summed E-state index contributed by atoms with van der Waals surface area (Å²) in [6, 6.07) is -0.142. The van der Waals surface area contributed by atoms with Crippen LogP contribution in [0.3, 0.4) is 0 Å². The van der Waals surface area contributed by atoms with Crippen LogP contribution in [0.5, 0.6) is 0 Å². The summed E-state index contributed by atoms with van der Waals surface area (Å²) in [6.45, 7) is 0.429. The zero-order chi connectivity index (χ0) is 8.43. The third kappa shape index (κ3) is 1.61. The van der Waals surface area contributed by atoms with E-state index in [1.807, 2.05) is 7.05 Å². The fourth-order valence-electron chi connectivity index (χ4n) is 0.949. The summed E-state index contributed by atoms with van der Waals surface area (Å²) < 4.78 is 2.64. The zero-order valence-corrected chi connectivity index (χ0v) is 7.87. The maximum atomic E-state index is 5.72. The van der Waals surface area contributed by atoms with Crippen molar-refractivity contribution in [3.8, 4) is 0 Å². The van der Waals surface area contributed by atoms with E-state index in [1.54, 1.807) is 10.9 Å². The third-order valence-corrected chi connectivity index (χ3v) is 2.15. The standard InChI is InChI=1S/C6H11BrN4/c1-11-6(5(9)2-8)4(7)3-10-11/h3,5H,2,8-9H2,1H3. The Balaban J connectivity index is 3.00. The lowest BCUT2D eigenvalue weighted by Gasteiger charge is -2.09. The molecule has 0 radical (unpaired) electrons. The van der Waals surface area contributed by atoms with E-state index in [0.29, 0.717) is 6.54 Å². The second-order valence-corrected chi connectivity index (χ2v) is 3.20. The minimum Gasteiger partial charge on any atom is -0.329 e. The molecule has 5 heteroatoms. The molecule has 1 rings (SSSR count). The molecular formula is C6H11BrN4. The van der Waals surface area contributed by atoms with Gasteiger partial charge in [0.05, 0.1) is 22.4 Å². The van der Waals surface area contributed by atoms with E-state index < -0.39 is 0 Å². The van der Waals surface area contributed by atoms with Crippen molar-refractivity contribution in [3.05, 3.63) is 16.4 Å². The molecule has 1 aromatic rings. The van der Waals surface area contributed by atoms with Crippen LogP contribution in [0.2, 0.25) is 0 Å². The summed E-state index contributed by atoms with van der Waals surface area (Å²) in [5.74, 6) is 0. The van der Waals surface area contributed by atoms with Gasteiger partial charge in [-0.25, -0.2) is 0 Å². The largest absolute Gasteiger partial charge is 0.329 e. The van der Waals surface area contributed by atoms with E-state index in [4.69, 9.17) is 11.5 Å². The molecule has 0 aromatic carbocycles. The number of rotatable bonds is 2. The van der Waals surface area contributed by atoms with Gasteiger partial charge >= 0.3 is 0 Å². The molecule has 1 atom stereocenters. The second kappa shape index (κ2) is 3.34. The number of hydrogen-bond donors (Lipinski definition) is 2. The van der Waals surface area contributed by atoms with Gasteiger partial charge in [0, 0.05) is 13.6 Å². The van der Waals surface area contributed by atoms with Crippen LogP contribution in [0, 0.1) is 0 Å². The number of halogens is 1. The molecule has 0 aliphatic rings. The smallest absolute Gasteiger partial charge is 0.0703 e. The summed E-state index contributed by atoms with van der Waals surface area (Å²) in [4.78, 5) is 0. The van der Waals surface area contributed by atoms with Crippen LogP contribution < -0.4 is 11.5 Å². The molecule has 1 aromatic heterocycles. The summed E-state index contributed by atoms with van der Waals surface area (Å²) in [7, 11) is 1.84. The van der Waals surface area contributed by atoms with E-state index in [1.165, 1.54) is 0 Å². The maximum absolute atomic E-state index is 5.72. The van der Waals surface area contributed by atoms with Crippen molar-refractivity contribution < 1.29 is 0 Å². The summed E-state index contributed by atoms with van der Waals surface area (Å²) >= 11 is 3.34. The predicted octanol–water partition coefficient (Wildman–Crippen LogP) is 0.141. The van der Waals surface area contributed by atoms with Gasteiger partial charge < -0.3 is 11.5 Å². The first-order valence-corrected chi connectivity index (χ1v) is 4.09. The predicted molar refractivity (Wildman–Crippen MR) is 46.9 cm³/mol. The topological polar surface area (TPSA) is 69.9 Å². The Hall–Kier alpha value is -0.390. The number of hydrogen-bond acceptors (Lipinski definition) is 3. The van der Waals surface area contributed by atoms with Crippen molar-refractivity contribution in [1.82, 2.24) is 9.78 Å². The lowest BCUT2D eigenvalue weighted by molar-refractivity contribution is 0.624. The van der Waals surface area contributed by atoms with E-state index in [0.717, 1.165) is 10.2 Å². The van der Waals surface area contributed by atoms with Crippen molar-refractivity contribution >= 4 is 15.9 Å². The van der Waals surface area contributed by atoms with Crippen molar-refractivity contribution in [3.63, 3.8) is 0 Å². The Kier molecular flexibility index (Phi) is 2.64. The highest BCUT2D eigenvalue weighted by Gasteiger charge is 2.12. The lowest BCUT2D eigenvalue weighted by Crippen LogP contribution is -2.23. The van der Waals surface area contributed by atoms with E-state index >= 15 is 0 Å². The van der Waals surface area contributed by atoms with Gasteiger partial charge in [-0.1, -0.05) is 0 Å². The quantitative estimate of drug-likeness (QED) is 0.743. The van der Waals surface area contributed by atoms with E-state index in [9.17, 15) is 0 Å². The molecule has 0 aliphatic carbocycles. The molecule has 1 heterocycles. The number of nitrogens with two attached hydrogens (primary N) is 2. The van der Waals surface area contributed by atoms with Crippen molar-refractivity contribution in [2.24, 2.45) is 18.5 Å². The molecule has 0 spiro atoms. The van der Waals surface area contributed by atoms with Crippen LogP contribution in [0.25, 0.3) is 0 Å². The van der Waals surface area contributed by atoms with E-state index in [-0.39, 0.29) is 6.04 Å². The van der Waals surface area contributed by atoms with Gasteiger partial charge in [-0.3, -0.25) is 4.68 Å². The lowest BCUT2D eigenvalue weighted by atomic mass is 10.2. The Morgan fingerprint density at radius 1 is 1.82 bits per heavy atom. The molecule has 1 unspecified atom stereocenters. The summed E-state index contributed by atoms with van der Waals surface area (Å²) in [5.41, 5.74) is 12.1. The highest BCUT2D eigenvalue weighted by Crippen LogP contribution is 2.19. The van der Waals surface area contributed by atoms with Crippen LogP contribution in [0.15, 0.2) is 10.7 Å². The normalized spacial score (nSPS) is 13.5. The number of aromatic nitrogens is 2. The minimum atomic E-state index is -0.142. The highest BCUT2D eigenvalue weighted by molar-refractivity contribution is 9.10. The van der Waals surface area contributed by atoms with E-state index in [2.05, 4.69) is 21.0 Å². The fourth-order valence-corrected chi connectivity index (χ4v) is 1.59. The molecule has 4 nitrogen and oxygen atoms in total. The fraction of sp³-hybridized carbons (Fsp3) is 0.500. The Morgan fingerprint density at radius 2 is 2.45 bits per heavy atom. The molecule has 0 amide bonds. The molecule has 4 N–H and O–H groups in total. The average Bonchev–Trinajstić information content (AvgIpc) is 2.30. The SMILES string of the molecule is Cn1ncc(Br)c1C(N)CN. The first-order valence-electron chi connectivity index (χ1n) is 3.30. The van der Waals surface area contributed by atoms with Gasteiger partial charge in [-0.05, 0) is 15.9 Å². The van der Waals surface area contributed by atoms with Gasteiger partial charge in [-0.15, -0.1) is 0 Å². The summed E-state index contributed by atoms with van der Waals surface area (Å²) in [5, 5.41) is 4.02. The van der Waals surface area contributed by atoms with Crippen LogP contribution in [-0.4, -0.2) is 16.3 Å². The number of aryl methyl sites for hydroxylation is 1. The molecular weight excluding hydrogens is 208 g/mol. The van der Waals surface area contributed by atoms with Gasteiger partial charge in [0.2, 0.25) is 0 Å². The summed E-state index contributed by atoms with van der Waals surface area (Å²) in [6.07, 6.45) is 1.71. The Morgan fingerprint density at radius 3 is 2.82 bits per heavy atom. The molecule has 0 bridgehead atoms. The first kappa shape index (κ1) is 8.70. The monoisotopic (exact) mass is 218 g/mol. The molecule has 0 saturated heterocycles. The van der Waals surface area contributed by atoms with Crippen LogP contribution in [-0.2, 0) is 7.05 Å². The van der Waals surface area contributed by atoms with Gasteiger partial charge in [0.15, 0.2) is 0 Å². The van der Waals surface area contributed by atoms with Gasteiger partial charge in [0.25, 0.3) is 0 Å². The Labute approximate surface area is 73.7 Å². The highest BCUT2D eigenvalue weighted by atomic mass is 79.9. The molecule has 11 heavy (non-hydrogen) atoms. The maximum Gasteiger partial charge on any atom is 0.0703 e. The van der Waals surface area contributed by atoms with Gasteiger partial charge in [-0.2, -0.15) is 5.10 Å². The number of nitrogens with zero attached hydrogens (tertiary/aromatic N) is 2. The average molecular weight is 219 g/mol. The second-order valence-electron chi connectivity index (χ2n) is 2.34. The minimum absolute atomic E-state index is 0.142. The Bertz CT molecular complexity index is 225. The zero-order valence-electron chi connectivity index (χ0n) is 6.29. The molecule has 62 valence electrons. The first-order chi connectivity index (χ1) is 5.16. The molecule has 0 aliphatic heterocycles.